The number of carbonyl (C=O) groups is 1. The van der Waals surface area contributed by atoms with Crippen molar-refractivity contribution < 1.29 is 9.53 Å². The summed E-state index contributed by atoms with van der Waals surface area (Å²) >= 11 is 1.69. The lowest BCUT2D eigenvalue weighted by Crippen LogP contribution is -2.40. The Hall–Kier alpha value is -0.910. The Balaban J connectivity index is 2.02. The van der Waals surface area contributed by atoms with Gasteiger partial charge in [-0.15, -0.1) is 11.3 Å². The number of carbonyl (C=O) groups excluding carboxylic acids is 1. The fourth-order valence-electron chi connectivity index (χ4n) is 2.94. The van der Waals surface area contributed by atoms with Crippen molar-refractivity contribution >= 4 is 17.2 Å². The van der Waals surface area contributed by atoms with Gasteiger partial charge in [-0.3, -0.25) is 4.79 Å². The highest BCUT2D eigenvalue weighted by Crippen LogP contribution is 2.32. The standard InChI is InChI=1S/C15H24N2O2S/c1-19-8-7-17(11-13-5-3-9-20-13)15(18)14-6-2-4-12(14)10-16/h3,5,9,12,14H,2,4,6-8,10-11,16H2,1H3. The molecule has 0 radical (unpaired) electrons. The van der Waals surface area contributed by atoms with Crippen LogP contribution in [0.2, 0.25) is 0 Å². The van der Waals surface area contributed by atoms with Crippen molar-refractivity contribution in [2.24, 2.45) is 17.6 Å². The summed E-state index contributed by atoms with van der Waals surface area (Å²) in [6.07, 6.45) is 3.19. The number of hydrogen-bond acceptors (Lipinski definition) is 4. The van der Waals surface area contributed by atoms with E-state index in [-0.39, 0.29) is 11.8 Å². The van der Waals surface area contributed by atoms with Crippen LogP contribution in [0.4, 0.5) is 0 Å². The van der Waals surface area contributed by atoms with Crippen molar-refractivity contribution in [3.05, 3.63) is 22.4 Å². The van der Waals surface area contributed by atoms with Crippen LogP contribution in [0.25, 0.3) is 0 Å². The summed E-state index contributed by atoms with van der Waals surface area (Å²) in [6.45, 7) is 2.54. The molecule has 2 atom stereocenters. The molecular weight excluding hydrogens is 272 g/mol. The molecule has 0 spiro atoms. The highest BCUT2D eigenvalue weighted by molar-refractivity contribution is 7.09. The van der Waals surface area contributed by atoms with Crippen molar-refractivity contribution in [2.45, 2.75) is 25.8 Å². The third-order valence-electron chi connectivity index (χ3n) is 4.08. The molecule has 4 nitrogen and oxygen atoms in total. The third-order valence-corrected chi connectivity index (χ3v) is 4.94. The van der Waals surface area contributed by atoms with Crippen LogP contribution in [-0.2, 0) is 16.1 Å². The first kappa shape index (κ1) is 15.5. The summed E-state index contributed by atoms with van der Waals surface area (Å²) in [5.41, 5.74) is 5.80. The highest BCUT2D eigenvalue weighted by atomic mass is 32.1. The molecule has 1 aliphatic carbocycles. The van der Waals surface area contributed by atoms with E-state index in [1.807, 2.05) is 16.3 Å². The van der Waals surface area contributed by atoms with Gasteiger partial charge in [0.2, 0.25) is 5.91 Å². The maximum absolute atomic E-state index is 12.8. The molecule has 5 heteroatoms. The Morgan fingerprint density at radius 2 is 2.40 bits per heavy atom. The van der Waals surface area contributed by atoms with Crippen molar-refractivity contribution in [1.82, 2.24) is 4.90 Å². The minimum Gasteiger partial charge on any atom is -0.383 e. The topological polar surface area (TPSA) is 55.6 Å². The van der Waals surface area contributed by atoms with Crippen molar-refractivity contribution in [3.8, 4) is 0 Å². The van der Waals surface area contributed by atoms with E-state index in [0.717, 1.165) is 19.3 Å². The van der Waals surface area contributed by atoms with E-state index in [0.29, 0.717) is 32.2 Å². The Morgan fingerprint density at radius 3 is 3.05 bits per heavy atom. The minimum absolute atomic E-state index is 0.108. The molecule has 20 heavy (non-hydrogen) atoms. The third kappa shape index (κ3) is 3.81. The molecule has 0 saturated heterocycles. The fourth-order valence-corrected chi connectivity index (χ4v) is 3.66. The smallest absolute Gasteiger partial charge is 0.226 e. The van der Waals surface area contributed by atoms with Gasteiger partial charge in [0.05, 0.1) is 13.2 Å². The van der Waals surface area contributed by atoms with Gasteiger partial charge in [0, 0.05) is 24.4 Å². The van der Waals surface area contributed by atoms with Crippen LogP contribution in [-0.4, -0.2) is 37.6 Å². The Labute approximate surface area is 124 Å². The summed E-state index contributed by atoms with van der Waals surface area (Å²) in [5, 5.41) is 2.05. The maximum atomic E-state index is 12.8. The number of ether oxygens (including phenoxy) is 1. The van der Waals surface area contributed by atoms with Gasteiger partial charge in [-0.25, -0.2) is 0 Å². The summed E-state index contributed by atoms with van der Waals surface area (Å²) in [5.74, 6) is 0.719. The second-order valence-corrected chi connectivity index (χ2v) is 6.40. The van der Waals surface area contributed by atoms with Crippen LogP contribution in [0, 0.1) is 11.8 Å². The average molecular weight is 296 g/mol. The van der Waals surface area contributed by atoms with Crippen LogP contribution >= 0.6 is 11.3 Å². The molecule has 1 aromatic heterocycles. The highest BCUT2D eigenvalue weighted by Gasteiger charge is 2.34. The molecule has 2 unspecified atom stereocenters. The molecule has 2 rings (SSSR count). The van der Waals surface area contributed by atoms with Crippen molar-refractivity contribution in [2.75, 3.05) is 26.8 Å². The predicted octanol–water partition coefficient (Wildman–Crippen LogP) is 2.10. The lowest BCUT2D eigenvalue weighted by molar-refractivity contribution is -0.137. The first-order valence-electron chi connectivity index (χ1n) is 7.26. The molecule has 1 fully saturated rings. The number of nitrogens with zero attached hydrogens (tertiary/aromatic N) is 1. The van der Waals surface area contributed by atoms with E-state index in [9.17, 15) is 4.79 Å². The predicted molar refractivity (Wildman–Crippen MR) is 81.5 cm³/mol. The molecule has 0 aromatic carbocycles. The van der Waals surface area contributed by atoms with E-state index < -0.39 is 0 Å². The van der Waals surface area contributed by atoms with E-state index in [2.05, 4.69) is 6.07 Å². The number of nitrogens with two attached hydrogens (primary N) is 1. The molecule has 0 bridgehead atoms. The summed E-state index contributed by atoms with van der Waals surface area (Å²) < 4.78 is 5.14. The van der Waals surface area contributed by atoms with Crippen LogP contribution < -0.4 is 5.73 Å². The SMILES string of the molecule is COCCN(Cc1cccs1)C(=O)C1CCCC1CN. The first-order valence-corrected chi connectivity index (χ1v) is 8.14. The number of amides is 1. The van der Waals surface area contributed by atoms with Crippen LogP contribution in [0.5, 0.6) is 0 Å². The maximum Gasteiger partial charge on any atom is 0.226 e. The summed E-state index contributed by atoms with van der Waals surface area (Å²) in [4.78, 5) is 15.9. The minimum atomic E-state index is 0.108. The van der Waals surface area contributed by atoms with E-state index >= 15 is 0 Å². The largest absolute Gasteiger partial charge is 0.383 e. The zero-order valence-corrected chi connectivity index (χ0v) is 12.9. The van der Waals surface area contributed by atoms with E-state index in [1.165, 1.54) is 4.88 Å². The lowest BCUT2D eigenvalue weighted by atomic mass is 9.94. The molecule has 1 saturated carbocycles. The summed E-state index contributed by atoms with van der Waals surface area (Å²) in [6, 6.07) is 4.10. The molecule has 1 aromatic rings. The molecular formula is C15H24N2O2S. The molecule has 2 N–H and O–H groups in total. The van der Waals surface area contributed by atoms with Crippen molar-refractivity contribution in [3.63, 3.8) is 0 Å². The van der Waals surface area contributed by atoms with Gasteiger partial charge in [-0.2, -0.15) is 0 Å². The Kier molecular flexibility index (Phi) is 6.01. The first-order chi connectivity index (χ1) is 9.76. The van der Waals surface area contributed by atoms with Gasteiger partial charge >= 0.3 is 0 Å². The quantitative estimate of drug-likeness (QED) is 0.838. The number of hydrogen-bond donors (Lipinski definition) is 1. The normalized spacial score (nSPS) is 22.1. The van der Waals surface area contributed by atoms with Gasteiger partial charge in [-0.1, -0.05) is 12.5 Å². The van der Waals surface area contributed by atoms with Crippen LogP contribution in [0.15, 0.2) is 17.5 Å². The van der Waals surface area contributed by atoms with E-state index in [4.69, 9.17) is 10.5 Å². The zero-order chi connectivity index (χ0) is 14.4. The van der Waals surface area contributed by atoms with Crippen LogP contribution in [0.3, 0.4) is 0 Å². The molecule has 0 aliphatic heterocycles. The number of rotatable bonds is 7. The van der Waals surface area contributed by atoms with Gasteiger partial charge in [0.25, 0.3) is 0 Å². The Bertz CT molecular complexity index is 408. The number of methoxy groups -OCH3 is 1. The van der Waals surface area contributed by atoms with Gasteiger partial charge in [0.1, 0.15) is 0 Å². The average Bonchev–Trinajstić information content (AvgIpc) is 3.13. The molecule has 112 valence electrons. The second-order valence-electron chi connectivity index (χ2n) is 5.37. The monoisotopic (exact) mass is 296 g/mol. The van der Waals surface area contributed by atoms with Gasteiger partial charge < -0.3 is 15.4 Å². The summed E-state index contributed by atoms with van der Waals surface area (Å²) in [7, 11) is 1.67. The van der Waals surface area contributed by atoms with Gasteiger partial charge in [0.15, 0.2) is 0 Å². The fraction of sp³-hybridized carbons (Fsp3) is 0.667. The number of thiophene rings is 1. The van der Waals surface area contributed by atoms with Crippen LogP contribution in [0.1, 0.15) is 24.1 Å². The second kappa shape index (κ2) is 7.76. The molecule has 1 aliphatic rings. The van der Waals surface area contributed by atoms with Gasteiger partial charge in [-0.05, 0) is 36.8 Å². The zero-order valence-electron chi connectivity index (χ0n) is 12.1. The molecule has 1 heterocycles. The van der Waals surface area contributed by atoms with Crippen molar-refractivity contribution in [1.29, 1.82) is 0 Å². The Morgan fingerprint density at radius 1 is 1.55 bits per heavy atom. The van der Waals surface area contributed by atoms with E-state index in [1.54, 1.807) is 18.4 Å². The lowest BCUT2D eigenvalue weighted by Gasteiger charge is -2.27. The molecule has 1 amide bonds.